The molecule has 2 heterocycles. The normalized spacial score (nSPS) is 14.3. The van der Waals surface area contributed by atoms with E-state index in [2.05, 4.69) is 20.6 Å². The van der Waals surface area contributed by atoms with Crippen molar-refractivity contribution in [2.24, 2.45) is 5.73 Å². The van der Waals surface area contributed by atoms with Crippen molar-refractivity contribution >= 4 is 45.0 Å². The van der Waals surface area contributed by atoms with Crippen LogP contribution >= 0.6 is 11.3 Å². The molecule has 0 bridgehead atoms. The zero-order valence-electron chi connectivity index (χ0n) is 18.9. The number of benzene rings is 1. The number of rotatable bonds is 12. The third-order valence-corrected chi connectivity index (χ3v) is 6.66. The van der Waals surface area contributed by atoms with Gasteiger partial charge in [0.2, 0.25) is 11.9 Å². The quantitative estimate of drug-likeness (QED) is 0.305. The number of fused-ring (bicyclic) bond motifs is 1. The molecule has 4 N–H and O–H groups in total. The second kappa shape index (κ2) is 11.8. The average Bonchev–Trinajstić information content (AvgIpc) is 3.29. The maximum Gasteiger partial charge on any atom is 0.231 e. The number of anilines is 3. The summed E-state index contributed by atoms with van der Waals surface area (Å²) in [6, 6.07) is 8.28. The van der Waals surface area contributed by atoms with E-state index in [4.69, 9.17) is 15.5 Å². The van der Waals surface area contributed by atoms with Crippen molar-refractivity contribution in [3.05, 3.63) is 29.8 Å². The summed E-state index contributed by atoms with van der Waals surface area (Å²) in [5.74, 6) is 2.01. The smallest absolute Gasteiger partial charge is 0.231 e. The summed E-state index contributed by atoms with van der Waals surface area (Å²) in [6.07, 6.45) is 10.5. The standard InChI is InChI=1S/C24H32N6O2S/c25-20(31)10-6-1-2-7-15-32-19-13-11-18(12-14-19)28-24-29-22-21(33-16-26-22)23(30-24)27-17-8-4-3-5-9-17/h11-14,16-17H,1-10,15H2,(H2,25,31)(H2,27,28,29,30). The van der Waals surface area contributed by atoms with Gasteiger partial charge in [-0.15, -0.1) is 11.3 Å². The number of primary amides is 1. The van der Waals surface area contributed by atoms with Crippen molar-refractivity contribution < 1.29 is 9.53 Å². The van der Waals surface area contributed by atoms with E-state index >= 15 is 0 Å². The largest absolute Gasteiger partial charge is 0.494 e. The molecular weight excluding hydrogens is 436 g/mol. The molecule has 1 aliphatic carbocycles. The van der Waals surface area contributed by atoms with Crippen LogP contribution in [0.4, 0.5) is 17.5 Å². The molecule has 0 radical (unpaired) electrons. The Hall–Kier alpha value is -2.94. The number of unbranched alkanes of at least 4 members (excludes halogenated alkanes) is 3. The van der Waals surface area contributed by atoms with E-state index in [1.807, 2.05) is 29.8 Å². The van der Waals surface area contributed by atoms with Gasteiger partial charge in [-0.25, -0.2) is 4.98 Å². The molecule has 1 amide bonds. The second-order valence-corrected chi connectivity index (χ2v) is 9.36. The monoisotopic (exact) mass is 468 g/mol. The lowest BCUT2D eigenvalue weighted by Gasteiger charge is -2.23. The summed E-state index contributed by atoms with van der Waals surface area (Å²) in [7, 11) is 0. The molecule has 0 unspecified atom stereocenters. The number of nitrogens with zero attached hydrogens (tertiary/aromatic N) is 3. The molecular formula is C24H32N6O2S. The first-order chi connectivity index (χ1) is 16.2. The van der Waals surface area contributed by atoms with Gasteiger partial charge in [0, 0.05) is 18.2 Å². The van der Waals surface area contributed by atoms with Crippen LogP contribution in [0.1, 0.15) is 64.2 Å². The molecule has 1 fully saturated rings. The first kappa shape index (κ1) is 23.2. The highest BCUT2D eigenvalue weighted by atomic mass is 32.1. The first-order valence-electron chi connectivity index (χ1n) is 11.8. The lowest BCUT2D eigenvalue weighted by molar-refractivity contribution is -0.118. The number of thiazole rings is 1. The summed E-state index contributed by atoms with van der Waals surface area (Å²) >= 11 is 1.57. The summed E-state index contributed by atoms with van der Waals surface area (Å²) in [4.78, 5) is 24.5. The Morgan fingerprint density at radius 3 is 2.64 bits per heavy atom. The van der Waals surface area contributed by atoms with Crippen molar-refractivity contribution in [3.63, 3.8) is 0 Å². The van der Waals surface area contributed by atoms with Gasteiger partial charge in [0.15, 0.2) is 11.5 Å². The zero-order chi connectivity index (χ0) is 22.9. The fraction of sp³-hybridized carbons (Fsp3) is 0.500. The Morgan fingerprint density at radius 1 is 1.06 bits per heavy atom. The Morgan fingerprint density at radius 2 is 1.85 bits per heavy atom. The van der Waals surface area contributed by atoms with Crippen LogP contribution in [0.25, 0.3) is 10.3 Å². The van der Waals surface area contributed by atoms with Crippen LogP contribution < -0.4 is 21.1 Å². The molecule has 1 aromatic carbocycles. The molecule has 1 aliphatic rings. The average molecular weight is 469 g/mol. The van der Waals surface area contributed by atoms with Gasteiger partial charge < -0.3 is 21.1 Å². The molecule has 4 rings (SSSR count). The lowest BCUT2D eigenvalue weighted by atomic mass is 9.95. The second-order valence-electron chi connectivity index (χ2n) is 8.51. The van der Waals surface area contributed by atoms with Crippen molar-refractivity contribution in [1.29, 1.82) is 0 Å². The number of nitrogens with two attached hydrogens (primary N) is 1. The number of hydrogen-bond donors (Lipinski definition) is 3. The van der Waals surface area contributed by atoms with E-state index in [-0.39, 0.29) is 5.91 Å². The Labute approximate surface area is 198 Å². The highest BCUT2D eigenvalue weighted by Gasteiger charge is 2.17. The van der Waals surface area contributed by atoms with Crippen molar-refractivity contribution in [2.45, 2.75) is 70.3 Å². The predicted octanol–water partition coefficient (Wildman–Crippen LogP) is 5.39. The summed E-state index contributed by atoms with van der Waals surface area (Å²) in [5.41, 5.74) is 8.58. The number of carbonyl (C=O) groups excluding carboxylic acids is 1. The molecule has 9 heteroatoms. The minimum Gasteiger partial charge on any atom is -0.494 e. The van der Waals surface area contributed by atoms with Crippen LogP contribution in [0, 0.1) is 0 Å². The zero-order valence-corrected chi connectivity index (χ0v) is 19.7. The molecule has 0 spiro atoms. The first-order valence-corrected chi connectivity index (χ1v) is 12.7. The van der Waals surface area contributed by atoms with Gasteiger partial charge in [0.05, 0.1) is 12.1 Å². The van der Waals surface area contributed by atoms with Crippen LogP contribution in [0.5, 0.6) is 5.75 Å². The predicted molar refractivity (Wildman–Crippen MR) is 133 cm³/mol. The van der Waals surface area contributed by atoms with Crippen molar-refractivity contribution in [3.8, 4) is 5.75 Å². The third kappa shape index (κ3) is 7.02. The van der Waals surface area contributed by atoms with E-state index < -0.39 is 0 Å². The highest BCUT2D eigenvalue weighted by molar-refractivity contribution is 7.17. The molecule has 33 heavy (non-hydrogen) atoms. The van der Waals surface area contributed by atoms with Gasteiger partial charge in [-0.2, -0.15) is 9.97 Å². The van der Waals surface area contributed by atoms with E-state index in [1.165, 1.54) is 32.1 Å². The minimum atomic E-state index is -0.228. The number of carbonyl (C=O) groups is 1. The van der Waals surface area contributed by atoms with Crippen LogP contribution in [0.2, 0.25) is 0 Å². The van der Waals surface area contributed by atoms with E-state index in [1.54, 1.807) is 11.3 Å². The number of amides is 1. The minimum absolute atomic E-state index is 0.228. The maximum atomic E-state index is 10.7. The maximum absolute atomic E-state index is 10.7. The van der Waals surface area contributed by atoms with Gasteiger partial charge in [0.1, 0.15) is 10.4 Å². The summed E-state index contributed by atoms with van der Waals surface area (Å²) in [6.45, 7) is 0.656. The van der Waals surface area contributed by atoms with Gasteiger partial charge in [-0.05, 0) is 49.9 Å². The van der Waals surface area contributed by atoms with Gasteiger partial charge >= 0.3 is 0 Å². The molecule has 0 saturated heterocycles. The molecule has 0 aliphatic heterocycles. The summed E-state index contributed by atoms with van der Waals surface area (Å²) < 4.78 is 6.82. The van der Waals surface area contributed by atoms with Crippen LogP contribution in [0.15, 0.2) is 29.8 Å². The fourth-order valence-electron chi connectivity index (χ4n) is 4.07. The summed E-state index contributed by atoms with van der Waals surface area (Å²) in [5, 5.41) is 6.93. The molecule has 3 aromatic rings. The molecule has 1 saturated carbocycles. The number of ether oxygens (including phenoxy) is 1. The molecule has 2 aromatic heterocycles. The number of hydrogen-bond acceptors (Lipinski definition) is 8. The molecule has 8 nitrogen and oxygen atoms in total. The van der Waals surface area contributed by atoms with Gasteiger partial charge in [-0.3, -0.25) is 4.79 Å². The highest BCUT2D eigenvalue weighted by Crippen LogP contribution is 2.29. The van der Waals surface area contributed by atoms with E-state index in [0.717, 1.165) is 47.6 Å². The Balaban J connectivity index is 1.30. The van der Waals surface area contributed by atoms with E-state index in [9.17, 15) is 4.79 Å². The van der Waals surface area contributed by atoms with E-state index in [0.29, 0.717) is 30.7 Å². The Kier molecular flexibility index (Phi) is 8.30. The van der Waals surface area contributed by atoms with Crippen molar-refractivity contribution in [1.82, 2.24) is 15.0 Å². The van der Waals surface area contributed by atoms with Gasteiger partial charge in [0.25, 0.3) is 0 Å². The lowest BCUT2D eigenvalue weighted by Crippen LogP contribution is -2.23. The third-order valence-electron chi connectivity index (χ3n) is 5.84. The van der Waals surface area contributed by atoms with Crippen LogP contribution in [-0.2, 0) is 4.79 Å². The SMILES string of the molecule is NC(=O)CCCCCCOc1ccc(Nc2nc(NC3CCCCC3)c3scnc3n2)cc1. The van der Waals surface area contributed by atoms with Crippen LogP contribution in [0.3, 0.4) is 0 Å². The topological polar surface area (TPSA) is 115 Å². The fourth-order valence-corrected chi connectivity index (χ4v) is 4.74. The number of aromatic nitrogens is 3. The van der Waals surface area contributed by atoms with Gasteiger partial charge in [-0.1, -0.05) is 32.1 Å². The Bertz CT molecular complexity index is 1030. The molecule has 176 valence electrons. The molecule has 0 atom stereocenters. The number of nitrogens with one attached hydrogen (secondary N) is 2. The van der Waals surface area contributed by atoms with Crippen molar-refractivity contribution in [2.75, 3.05) is 17.2 Å². The van der Waals surface area contributed by atoms with Crippen LogP contribution in [-0.4, -0.2) is 33.5 Å².